The van der Waals surface area contributed by atoms with E-state index in [9.17, 15) is 9.18 Å². The van der Waals surface area contributed by atoms with Crippen LogP contribution in [0.2, 0.25) is 0 Å². The van der Waals surface area contributed by atoms with Crippen LogP contribution in [-0.4, -0.2) is 55.5 Å². The molecule has 23 heavy (non-hydrogen) atoms. The van der Waals surface area contributed by atoms with Gasteiger partial charge in [0, 0.05) is 31.7 Å². The van der Waals surface area contributed by atoms with E-state index in [-0.39, 0.29) is 11.7 Å². The van der Waals surface area contributed by atoms with Crippen LogP contribution in [0.3, 0.4) is 0 Å². The molecule has 1 aromatic rings. The van der Waals surface area contributed by atoms with E-state index in [1.165, 1.54) is 6.07 Å². The molecule has 1 amide bonds. The normalized spacial score (nSPS) is 29.1. The molecule has 1 aliphatic heterocycles. The smallest absolute Gasteiger partial charge is 0.234 e. The first-order valence-corrected chi connectivity index (χ1v) is 8.45. The Morgan fingerprint density at radius 1 is 1.26 bits per heavy atom. The van der Waals surface area contributed by atoms with Gasteiger partial charge in [-0.2, -0.15) is 0 Å². The van der Waals surface area contributed by atoms with Crippen LogP contribution in [0.4, 0.5) is 4.39 Å². The van der Waals surface area contributed by atoms with Crippen molar-refractivity contribution in [1.82, 2.24) is 15.1 Å². The van der Waals surface area contributed by atoms with E-state index in [1.54, 1.807) is 12.1 Å². The first kappa shape index (κ1) is 16.4. The Morgan fingerprint density at radius 3 is 2.52 bits per heavy atom. The van der Waals surface area contributed by atoms with E-state index in [0.29, 0.717) is 18.0 Å². The van der Waals surface area contributed by atoms with Crippen LogP contribution >= 0.6 is 0 Å². The van der Waals surface area contributed by atoms with Gasteiger partial charge < -0.3 is 10.2 Å². The average molecular weight is 319 g/mol. The number of halogens is 1. The highest BCUT2D eigenvalue weighted by atomic mass is 19.1. The van der Waals surface area contributed by atoms with Crippen LogP contribution in [0, 0.1) is 11.7 Å². The Hall–Kier alpha value is -1.46. The number of amides is 1. The minimum atomic E-state index is -0.519. The van der Waals surface area contributed by atoms with Crippen LogP contribution in [0.5, 0.6) is 0 Å². The third kappa shape index (κ3) is 3.56. The Balaban J connectivity index is 1.66. The van der Waals surface area contributed by atoms with Crippen LogP contribution in [-0.2, 0) is 10.3 Å². The molecule has 2 aliphatic rings. The third-order valence-corrected chi connectivity index (χ3v) is 5.13. The molecule has 5 heteroatoms. The van der Waals surface area contributed by atoms with Gasteiger partial charge in [0.2, 0.25) is 5.91 Å². The van der Waals surface area contributed by atoms with Crippen molar-refractivity contribution in [1.29, 1.82) is 0 Å². The van der Waals surface area contributed by atoms with Crippen molar-refractivity contribution in [3.8, 4) is 0 Å². The summed E-state index contributed by atoms with van der Waals surface area (Å²) in [6.45, 7) is 6.34. The number of nitrogens with zero attached hydrogens (tertiary/aromatic N) is 2. The first-order chi connectivity index (χ1) is 11.0. The van der Waals surface area contributed by atoms with Crippen molar-refractivity contribution < 1.29 is 9.18 Å². The van der Waals surface area contributed by atoms with Crippen molar-refractivity contribution in [3.05, 3.63) is 35.6 Å². The van der Waals surface area contributed by atoms with Gasteiger partial charge in [0.15, 0.2) is 0 Å². The fourth-order valence-corrected chi connectivity index (χ4v) is 3.88. The van der Waals surface area contributed by atoms with Gasteiger partial charge in [-0.05, 0) is 31.9 Å². The molecule has 4 nitrogen and oxygen atoms in total. The number of nitrogens with one attached hydrogen (secondary N) is 1. The standard InChI is InChI=1S/C18H26FN3O/c1-14-11-18(12-14,15-5-3-4-6-16(15)19)20-17(23)13-22-9-7-21(2)8-10-22/h3-6,14H,7-13H2,1-2H3,(H,20,23). The molecule has 2 fully saturated rings. The van der Waals surface area contributed by atoms with Gasteiger partial charge in [-0.15, -0.1) is 0 Å². The van der Waals surface area contributed by atoms with Crippen LogP contribution in [0.1, 0.15) is 25.3 Å². The van der Waals surface area contributed by atoms with Gasteiger partial charge >= 0.3 is 0 Å². The number of piperazine rings is 1. The summed E-state index contributed by atoms with van der Waals surface area (Å²) in [5.74, 6) is 0.294. The third-order valence-electron chi connectivity index (χ3n) is 5.13. The van der Waals surface area contributed by atoms with Crippen molar-refractivity contribution in [2.75, 3.05) is 39.8 Å². The molecule has 0 spiro atoms. The zero-order chi connectivity index (χ0) is 16.4. The predicted molar refractivity (Wildman–Crippen MR) is 88.6 cm³/mol. The van der Waals surface area contributed by atoms with Gasteiger partial charge in [-0.25, -0.2) is 4.39 Å². The Morgan fingerprint density at radius 2 is 1.91 bits per heavy atom. The van der Waals surface area contributed by atoms with Crippen molar-refractivity contribution in [2.45, 2.75) is 25.3 Å². The van der Waals surface area contributed by atoms with Gasteiger partial charge in [0.05, 0.1) is 12.1 Å². The summed E-state index contributed by atoms with van der Waals surface area (Å²) in [5, 5.41) is 3.14. The summed E-state index contributed by atoms with van der Waals surface area (Å²) in [5.41, 5.74) is 0.110. The van der Waals surface area contributed by atoms with E-state index in [1.807, 2.05) is 6.07 Å². The number of likely N-dealkylation sites (N-methyl/N-ethyl adjacent to an activating group) is 1. The summed E-state index contributed by atoms with van der Waals surface area (Å²) >= 11 is 0. The lowest BCUT2D eigenvalue weighted by atomic mass is 9.65. The molecule has 126 valence electrons. The Labute approximate surface area is 137 Å². The average Bonchev–Trinajstić information content (AvgIpc) is 2.48. The molecule has 3 rings (SSSR count). The second-order valence-electron chi connectivity index (χ2n) is 7.20. The van der Waals surface area contributed by atoms with Gasteiger partial charge in [-0.1, -0.05) is 25.1 Å². The second-order valence-corrected chi connectivity index (χ2v) is 7.20. The van der Waals surface area contributed by atoms with Crippen molar-refractivity contribution in [3.63, 3.8) is 0 Å². The fourth-order valence-electron chi connectivity index (χ4n) is 3.88. The minimum Gasteiger partial charge on any atom is -0.345 e. The minimum absolute atomic E-state index is 0.00436. The quantitative estimate of drug-likeness (QED) is 0.919. The van der Waals surface area contributed by atoms with Gasteiger partial charge in [0.25, 0.3) is 0 Å². The lowest BCUT2D eigenvalue weighted by molar-refractivity contribution is -0.126. The van der Waals surface area contributed by atoms with Crippen molar-refractivity contribution >= 4 is 5.91 Å². The molecule has 1 N–H and O–H groups in total. The maximum absolute atomic E-state index is 14.2. The molecule has 0 radical (unpaired) electrons. The lowest BCUT2D eigenvalue weighted by Gasteiger charge is -2.48. The van der Waals surface area contributed by atoms with Crippen molar-refractivity contribution in [2.24, 2.45) is 5.92 Å². The summed E-state index contributed by atoms with van der Waals surface area (Å²) in [6.07, 6.45) is 1.62. The van der Waals surface area contributed by atoms with Crippen LogP contribution in [0.25, 0.3) is 0 Å². The van der Waals surface area contributed by atoms with E-state index in [4.69, 9.17) is 0 Å². The number of benzene rings is 1. The van der Waals surface area contributed by atoms with Crippen LogP contribution in [0.15, 0.2) is 24.3 Å². The Kier molecular flexibility index (Phi) is 4.69. The highest BCUT2D eigenvalue weighted by Crippen LogP contribution is 2.46. The number of carbonyl (C=O) groups is 1. The molecule has 1 aliphatic carbocycles. The summed E-state index contributed by atoms with van der Waals surface area (Å²) in [7, 11) is 2.10. The molecular weight excluding hydrogens is 293 g/mol. The topological polar surface area (TPSA) is 35.6 Å². The maximum atomic E-state index is 14.2. The maximum Gasteiger partial charge on any atom is 0.234 e. The first-order valence-electron chi connectivity index (χ1n) is 8.45. The Bertz CT molecular complexity index is 563. The highest BCUT2D eigenvalue weighted by Gasteiger charge is 2.46. The highest BCUT2D eigenvalue weighted by molar-refractivity contribution is 5.79. The molecule has 0 aromatic heterocycles. The fraction of sp³-hybridized carbons (Fsp3) is 0.611. The summed E-state index contributed by atoms with van der Waals surface area (Å²) < 4.78 is 14.2. The molecule has 0 atom stereocenters. The van der Waals surface area contributed by atoms with E-state index < -0.39 is 5.54 Å². The molecule has 0 bridgehead atoms. The zero-order valence-electron chi connectivity index (χ0n) is 14.0. The molecule has 1 saturated carbocycles. The lowest BCUT2D eigenvalue weighted by Crippen LogP contribution is -2.57. The molecule has 1 heterocycles. The van der Waals surface area contributed by atoms with Crippen LogP contribution < -0.4 is 5.32 Å². The van der Waals surface area contributed by atoms with Gasteiger partial charge in [0.1, 0.15) is 5.82 Å². The summed E-state index contributed by atoms with van der Waals surface area (Å²) in [4.78, 5) is 16.9. The largest absolute Gasteiger partial charge is 0.345 e. The zero-order valence-corrected chi connectivity index (χ0v) is 14.0. The number of carbonyl (C=O) groups excluding carboxylic acids is 1. The number of rotatable bonds is 4. The molecule has 0 unspecified atom stereocenters. The second kappa shape index (κ2) is 6.57. The summed E-state index contributed by atoms with van der Waals surface area (Å²) in [6, 6.07) is 6.82. The number of hydrogen-bond acceptors (Lipinski definition) is 3. The van der Waals surface area contributed by atoms with E-state index in [0.717, 1.165) is 39.0 Å². The predicted octanol–water partition coefficient (Wildman–Crippen LogP) is 1.81. The number of hydrogen-bond donors (Lipinski definition) is 1. The van der Waals surface area contributed by atoms with Gasteiger partial charge in [-0.3, -0.25) is 9.69 Å². The monoisotopic (exact) mass is 319 g/mol. The van der Waals surface area contributed by atoms with E-state index >= 15 is 0 Å². The molecular formula is C18H26FN3O. The molecule has 1 aromatic carbocycles. The SMILES string of the molecule is CC1CC(NC(=O)CN2CCN(C)CC2)(c2ccccc2F)C1. The molecule has 1 saturated heterocycles. The van der Waals surface area contributed by atoms with E-state index in [2.05, 4.69) is 29.1 Å².